The Balaban J connectivity index is 2.57. The summed E-state index contributed by atoms with van der Waals surface area (Å²) in [4.78, 5) is 4.66. The van der Waals surface area contributed by atoms with E-state index in [1.54, 1.807) is 0 Å². The van der Waals surface area contributed by atoms with Gasteiger partial charge >= 0.3 is 0 Å². The minimum Gasteiger partial charge on any atom is -0.310 e. The molecule has 0 spiro atoms. The van der Waals surface area contributed by atoms with Crippen molar-refractivity contribution in [1.29, 1.82) is 0 Å². The normalized spacial score (nSPS) is 11.4. The van der Waals surface area contributed by atoms with E-state index in [0.717, 1.165) is 17.8 Å². The molecule has 1 aromatic heterocycles. The van der Waals surface area contributed by atoms with Crippen molar-refractivity contribution in [2.75, 3.05) is 0 Å². The first kappa shape index (κ1) is 13.0. The number of nitrogens with one attached hydrogen (secondary N) is 1. The first-order valence-corrected chi connectivity index (χ1v) is 6.58. The number of benzene rings is 1. The van der Waals surface area contributed by atoms with E-state index in [1.807, 2.05) is 0 Å². The van der Waals surface area contributed by atoms with Crippen LogP contribution in [0.5, 0.6) is 0 Å². The number of aromatic nitrogens is 1. The van der Waals surface area contributed by atoms with Gasteiger partial charge in [-0.2, -0.15) is 0 Å². The largest absolute Gasteiger partial charge is 0.310 e. The Morgan fingerprint density at radius 2 is 1.83 bits per heavy atom. The number of hydrogen-bond acceptors (Lipinski definition) is 2. The number of aryl methyl sites for hydroxylation is 3. The van der Waals surface area contributed by atoms with Gasteiger partial charge in [0.15, 0.2) is 0 Å². The highest BCUT2D eigenvalue weighted by Gasteiger charge is 2.08. The standard InChI is InChI=1S/C16H22N2/c1-10(2)17-9-14-8-13(5)18-15-7-11(3)6-12(4)16(14)15/h6-8,10,17H,9H2,1-5H3. The summed E-state index contributed by atoms with van der Waals surface area (Å²) in [6, 6.07) is 7.10. The van der Waals surface area contributed by atoms with E-state index in [-0.39, 0.29) is 0 Å². The van der Waals surface area contributed by atoms with Crippen molar-refractivity contribution >= 4 is 10.9 Å². The molecule has 0 saturated heterocycles. The highest BCUT2D eigenvalue weighted by Crippen LogP contribution is 2.24. The van der Waals surface area contributed by atoms with Crippen LogP contribution in [0.3, 0.4) is 0 Å². The molecule has 0 fully saturated rings. The molecule has 2 aromatic rings. The SMILES string of the molecule is Cc1cc(C)c2c(CNC(C)C)cc(C)nc2c1. The first-order chi connectivity index (χ1) is 8.47. The lowest BCUT2D eigenvalue weighted by Crippen LogP contribution is -2.22. The van der Waals surface area contributed by atoms with Crippen LogP contribution in [0.4, 0.5) is 0 Å². The van der Waals surface area contributed by atoms with Crippen LogP contribution in [-0.4, -0.2) is 11.0 Å². The molecule has 0 saturated carbocycles. The molecule has 2 rings (SSSR count). The average molecular weight is 242 g/mol. The zero-order chi connectivity index (χ0) is 13.3. The van der Waals surface area contributed by atoms with Crippen LogP contribution in [0.2, 0.25) is 0 Å². The molecule has 96 valence electrons. The molecule has 2 heteroatoms. The molecule has 0 amide bonds. The zero-order valence-electron chi connectivity index (χ0n) is 12.0. The van der Waals surface area contributed by atoms with Crippen molar-refractivity contribution in [1.82, 2.24) is 10.3 Å². The first-order valence-electron chi connectivity index (χ1n) is 6.58. The lowest BCUT2D eigenvalue weighted by molar-refractivity contribution is 0.590. The van der Waals surface area contributed by atoms with E-state index >= 15 is 0 Å². The minimum absolute atomic E-state index is 0.499. The van der Waals surface area contributed by atoms with Crippen LogP contribution in [-0.2, 0) is 6.54 Å². The molecule has 0 unspecified atom stereocenters. The van der Waals surface area contributed by atoms with Crippen LogP contribution in [0.15, 0.2) is 18.2 Å². The quantitative estimate of drug-likeness (QED) is 0.888. The lowest BCUT2D eigenvalue weighted by Gasteiger charge is -2.14. The Labute approximate surface area is 109 Å². The fourth-order valence-corrected chi connectivity index (χ4v) is 2.45. The summed E-state index contributed by atoms with van der Waals surface area (Å²) < 4.78 is 0. The molecule has 0 aliphatic carbocycles. The van der Waals surface area contributed by atoms with Gasteiger partial charge in [0, 0.05) is 23.7 Å². The van der Waals surface area contributed by atoms with Crippen molar-refractivity contribution in [2.45, 2.75) is 47.2 Å². The molecule has 0 bridgehead atoms. The number of rotatable bonds is 3. The molecule has 1 N–H and O–H groups in total. The zero-order valence-corrected chi connectivity index (χ0v) is 12.0. The second-order valence-electron chi connectivity index (χ2n) is 5.43. The van der Waals surface area contributed by atoms with E-state index in [9.17, 15) is 0 Å². The van der Waals surface area contributed by atoms with Crippen LogP contribution in [0.1, 0.15) is 36.2 Å². The Morgan fingerprint density at radius 1 is 1.11 bits per heavy atom. The summed E-state index contributed by atoms with van der Waals surface area (Å²) in [6.07, 6.45) is 0. The smallest absolute Gasteiger partial charge is 0.0713 e. The molecule has 0 aliphatic rings. The van der Waals surface area contributed by atoms with Gasteiger partial charge < -0.3 is 5.32 Å². The van der Waals surface area contributed by atoms with Gasteiger partial charge in [-0.15, -0.1) is 0 Å². The fourth-order valence-electron chi connectivity index (χ4n) is 2.45. The second-order valence-corrected chi connectivity index (χ2v) is 5.43. The third-order valence-electron chi connectivity index (χ3n) is 3.16. The van der Waals surface area contributed by atoms with Gasteiger partial charge in [-0.05, 0) is 49.6 Å². The summed E-state index contributed by atoms with van der Waals surface area (Å²) in [7, 11) is 0. The van der Waals surface area contributed by atoms with E-state index in [4.69, 9.17) is 0 Å². The van der Waals surface area contributed by atoms with Gasteiger partial charge in [0.1, 0.15) is 0 Å². The number of nitrogens with zero attached hydrogens (tertiary/aromatic N) is 1. The third kappa shape index (κ3) is 2.70. The van der Waals surface area contributed by atoms with E-state index in [1.165, 1.54) is 22.1 Å². The molecule has 0 atom stereocenters. The van der Waals surface area contributed by atoms with Gasteiger partial charge in [0.25, 0.3) is 0 Å². The maximum Gasteiger partial charge on any atom is 0.0713 e. The van der Waals surface area contributed by atoms with Crippen LogP contribution < -0.4 is 5.32 Å². The van der Waals surface area contributed by atoms with Gasteiger partial charge in [0.05, 0.1) is 5.52 Å². The maximum absolute atomic E-state index is 4.66. The van der Waals surface area contributed by atoms with Crippen molar-refractivity contribution < 1.29 is 0 Å². The molecule has 1 heterocycles. The van der Waals surface area contributed by atoms with Crippen molar-refractivity contribution in [3.63, 3.8) is 0 Å². The van der Waals surface area contributed by atoms with E-state index in [0.29, 0.717) is 6.04 Å². The summed E-state index contributed by atoms with van der Waals surface area (Å²) in [6.45, 7) is 11.6. The molecule has 0 radical (unpaired) electrons. The lowest BCUT2D eigenvalue weighted by atomic mass is 10.0. The van der Waals surface area contributed by atoms with Gasteiger partial charge in [-0.25, -0.2) is 0 Å². The van der Waals surface area contributed by atoms with Gasteiger partial charge in [0.2, 0.25) is 0 Å². The molecule has 0 aliphatic heterocycles. The van der Waals surface area contributed by atoms with Crippen molar-refractivity contribution in [3.05, 3.63) is 40.6 Å². The molecule has 2 nitrogen and oxygen atoms in total. The van der Waals surface area contributed by atoms with Crippen molar-refractivity contribution in [2.24, 2.45) is 0 Å². The third-order valence-corrected chi connectivity index (χ3v) is 3.16. The number of pyridine rings is 1. The monoisotopic (exact) mass is 242 g/mol. The Bertz CT molecular complexity index is 566. The highest BCUT2D eigenvalue weighted by molar-refractivity contribution is 5.86. The average Bonchev–Trinajstić information content (AvgIpc) is 2.24. The summed E-state index contributed by atoms with van der Waals surface area (Å²) >= 11 is 0. The second kappa shape index (κ2) is 5.07. The summed E-state index contributed by atoms with van der Waals surface area (Å²) in [5.74, 6) is 0. The predicted octanol–water partition coefficient (Wildman–Crippen LogP) is 3.66. The Morgan fingerprint density at radius 3 is 2.50 bits per heavy atom. The van der Waals surface area contributed by atoms with E-state index < -0.39 is 0 Å². The molecule has 18 heavy (non-hydrogen) atoms. The molecular weight excluding hydrogens is 220 g/mol. The van der Waals surface area contributed by atoms with Crippen LogP contribution in [0.25, 0.3) is 10.9 Å². The van der Waals surface area contributed by atoms with Gasteiger partial charge in [-0.1, -0.05) is 19.9 Å². The fraction of sp³-hybridized carbons (Fsp3) is 0.438. The highest BCUT2D eigenvalue weighted by atomic mass is 14.9. The van der Waals surface area contributed by atoms with Crippen molar-refractivity contribution in [3.8, 4) is 0 Å². The topological polar surface area (TPSA) is 24.9 Å². The summed E-state index contributed by atoms with van der Waals surface area (Å²) in [5.41, 5.74) is 6.16. The Kier molecular flexibility index (Phi) is 3.67. The minimum atomic E-state index is 0.499. The molecular formula is C16H22N2. The predicted molar refractivity (Wildman–Crippen MR) is 77.9 cm³/mol. The van der Waals surface area contributed by atoms with Crippen LogP contribution in [0, 0.1) is 20.8 Å². The Hall–Kier alpha value is -1.41. The number of hydrogen-bond donors (Lipinski definition) is 1. The molecule has 1 aromatic carbocycles. The van der Waals surface area contributed by atoms with E-state index in [2.05, 4.69) is 63.1 Å². The maximum atomic E-state index is 4.66. The van der Waals surface area contributed by atoms with Gasteiger partial charge in [-0.3, -0.25) is 4.98 Å². The summed E-state index contributed by atoms with van der Waals surface area (Å²) in [5, 5.41) is 4.80. The van der Waals surface area contributed by atoms with Crippen LogP contribution >= 0.6 is 0 Å². The number of fused-ring (bicyclic) bond motifs is 1.